The second-order valence-electron chi connectivity index (χ2n) is 3.11. The normalized spacial score (nSPS) is 9.93. The summed E-state index contributed by atoms with van der Waals surface area (Å²) in [6.07, 6.45) is 1.76. The molecule has 3 heteroatoms. The Balaban J connectivity index is 3.05. The molecule has 0 unspecified atom stereocenters. The lowest BCUT2D eigenvalue weighted by atomic mass is 10.1. The topological polar surface area (TPSA) is 26.3 Å². The molecule has 0 saturated heterocycles. The number of aldehydes is 1. The van der Waals surface area contributed by atoms with Crippen LogP contribution in [-0.4, -0.2) is 12.9 Å². The molecule has 1 rings (SSSR count). The second-order valence-corrected chi connectivity index (χ2v) is 4.02. The summed E-state index contributed by atoms with van der Waals surface area (Å²) in [7, 11) is 0. The second kappa shape index (κ2) is 5.15. The van der Waals surface area contributed by atoms with E-state index in [4.69, 9.17) is 4.74 Å². The predicted molar refractivity (Wildman–Crippen MR) is 60.1 cm³/mol. The van der Waals surface area contributed by atoms with Gasteiger partial charge in [-0.05, 0) is 31.0 Å². The molecule has 0 N–H and O–H groups in total. The van der Waals surface area contributed by atoms with E-state index in [1.807, 2.05) is 19.9 Å². The lowest BCUT2D eigenvalue weighted by Gasteiger charge is -2.10. The van der Waals surface area contributed by atoms with Crippen LogP contribution in [0, 0.1) is 6.92 Å². The molecule has 14 heavy (non-hydrogen) atoms. The Hall–Kier alpha value is -0.830. The molecule has 1 aromatic carbocycles. The zero-order valence-corrected chi connectivity index (χ0v) is 9.93. The largest absolute Gasteiger partial charge is 0.493 e. The van der Waals surface area contributed by atoms with E-state index in [1.165, 1.54) is 0 Å². The van der Waals surface area contributed by atoms with E-state index < -0.39 is 0 Å². The summed E-state index contributed by atoms with van der Waals surface area (Å²) in [6, 6.07) is 3.71. The number of benzene rings is 1. The molecule has 0 fully saturated rings. The number of carbonyl (C=O) groups excluding carboxylic acids is 1. The van der Waals surface area contributed by atoms with Crippen LogP contribution < -0.4 is 4.74 Å². The van der Waals surface area contributed by atoms with Crippen LogP contribution in [0.25, 0.3) is 0 Å². The van der Waals surface area contributed by atoms with Gasteiger partial charge in [-0.25, -0.2) is 0 Å². The Labute approximate surface area is 92.4 Å². The lowest BCUT2D eigenvalue weighted by Crippen LogP contribution is -2.00. The Bertz CT molecular complexity index is 334. The van der Waals surface area contributed by atoms with Gasteiger partial charge in [-0.1, -0.05) is 22.9 Å². The van der Waals surface area contributed by atoms with Crippen molar-refractivity contribution < 1.29 is 9.53 Å². The number of carbonyl (C=O) groups is 1. The molecule has 0 radical (unpaired) electrons. The minimum atomic E-state index is 0.602. The van der Waals surface area contributed by atoms with Gasteiger partial charge in [0.2, 0.25) is 0 Å². The molecular weight excluding hydrogens is 244 g/mol. The van der Waals surface area contributed by atoms with Gasteiger partial charge in [0.05, 0.1) is 12.2 Å². The average molecular weight is 257 g/mol. The summed E-state index contributed by atoms with van der Waals surface area (Å²) in [5.41, 5.74) is 1.58. The molecule has 0 aromatic heterocycles. The molecule has 1 aromatic rings. The molecular formula is C11H13BrO2. The summed E-state index contributed by atoms with van der Waals surface area (Å²) in [4.78, 5) is 10.8. The van der Waals surface area contributed by atoms with E-state index in [9.17, 15) is 4.79 Å². The highest BCUT2D eigenvalue weighted by atomic mass is 79.9. The zero-order valence-electron chi connectivity index (χ0n) is 8.34. The van der Waals surface area contributed by atoms with E-state index in [0.29, 0.717) is 17.9 Å². The maximum atomic E-state index is 10.8. The standard InChI is InChI=1S/C11H13BrO2/c1-3-4-14-11-8(2)5-10(12)6-9(11)7-13/h5-7H,3-4H2,1-2H3. The number of hydrogen-bond donors (Lipinski definition) is 0. The van der Waals surface area contributed by atoms with Gasteiger partial charge in [-0.2, -0.15) is 0 Å². The van der Waals surface area contributed by atoms with E-state index in [2.05, 4.69) is 15.9 Å². The van der Waals surface area contributed by atoms with E-state index in [-0.39, 0.29) is 0 Å². The summed E-state index contributed by atoms with van der Waals surface area (Å²) in [5.74, 6) is 0.699. The van der Waals surface area contributed by atoms with Gasteiger partial charge in [0.25, 0.3) is 0 Å². The van der Waals surface area contributed by atoms with Crippen LogP contribution in [0.2, 0.25) is 0 Å². The van der Waals surface area contributed by atoms with Crippen molar-refractivity contribution in [2.45, 2.75) is 20.3 Å². The smallest absolute Gasteiger partial charge is 0.153 e. The first kappa shape index (κ1) is 11.2. The number of halogens is 1. The summed E-state index contributed by atoms with van der Waals surface area (Å²) in [6.45, 7) is 4.61. The first-order chi connectivity index (χ1) is 6.69. The number of ether oxygens (including phenoxy) is 1. The maximum absolute atomic E-state index is 10.8. The number of hydrogen-bond acceptors (Lipinski definition) is 2. The first-order valence-corrected chi connectivity index (χ1v) is 5.36. The van der Waals surface area contributed by atoms with Crippen molar-refractivity contribution in [1.29, 1.82) is 0 Å². The fourth-order valence-electron chi connectivity index (χ4n) is 1.24. The van der Waals surface area contributed by atoms with Gasteiger partial charge < -0.3 is 4.74 Å². The van der Waals surface area contributed by atoms with Crippen molar-refractivity contribution in [3.63, 3.8) is 0 Å². The summed E-state index contributed by atoms with van der Waals surface area (Å²) < 4.78 is 6.41. The monoisotopic (exact) mass is 256 g/mol. The SMILES string of the molecule is CCCOc1c(C)cc(Br)cc1C=O. The van der Waals surface area contributed by atoms with Gasteiger partial charge in [0.15, 0.2) is 6.29 Å². The van der Waals surface area contributed by atoms with Gasteiger partial charge in [0, 0.05) is 4.47 Å². The van der Waals surface area contributed by atoms with Gasteiger partial charge in [-0.3, -0.25) is 4.79 Å². The van der Waals surface area contributed by atoms with Crippen LogP contribution in [0.4, 0.5) is 0 Å². The van der Waals surface area contributed by atoms with Crippen molar-refractivity contribution >= 4 is 22.2 Å². The van der Waals surface area contributed by atoms with Crippen LogP contribution in [0.15, 0.2) is 16.6 Å². The minimum Gasteiger partial charge on any atom is -0.493 e. The quantitative estimate of drug-likeness (QED) is 0.773. The van der Waals surface area contributed by atoms with Crippen LogP contribution in [0.3, 0.4) is 0 Å². The molecule has 0 atom stereocenters. The molecule has 76 valence electrons. The third-order valence-electron chi connectivity index (χ3n) is 1.85. The first-order valence-electron chi connectivity index (χ1n) is 4.57. The van der Waals surface area contributed by atoms with Crippen LogP contribution >= 0.6 is 15.9 Å². The van der Waals surface area contributed by atoms with E-state index in [0.717, 1.165) is 22.7 Å². The van der Waals surface area contributed by atoms with Crippen LogP contribution in [0.1, 0.15) is 29.3 Å². The maximum Gasteiger partial charge on any atom is 0.153 e. The highest BCUT2D eigenvalue weighted by Gasteiger charge is 2.07. The predicted octanol–water partition coefficient (Wildman–Crippen LogP) is 3.36. The third-order valence-corrected chi connectivity index (χ3v) is 2.30. The van der Waals surface area contributed by atoms with Gasteiger partial charge in [-0.15, -0.1) is 0 Å². The van der Waals surface area contributed by atoms with Gasteiger partial charge in [0.1, 0.15) is 5.75 Å². The fraction of sp³-hybridized carbons (Fsp3) is 0.364. The summed E-state index contributed by atoms with van der Waals surface area (Å²) >= 11 is 3.34. The molecule has 0 amide bonds. The molecule has 0 aliphatic rings. The fourth-order valence-corrected chi connectivity index (χ4v) is 1.83. The summed E-state index contributed by atoms with van der Waals surface area (Å²) in [5, 5.41) is 0. The molecule has 2 nitrogen and oxygen atoms in total. The third kappa shape index (κ3) is 2.58. The molecule has 0 aliphatic carbocycles. The molecule has 0 saturated carbocycles. The highest BCUT2D eigenvalue weighted by molar-refractivity contribution is 9.10. The van der Waals surface area contributed by atoms with Crippen molar-refractivity contribution in [3.05, 3.63) is 27.7 Å². The van der Waals surface area contributed by atoms with Crippen molar-refractivity contribution in [1.82, 2.24) is 0 Å². The highest BCUT2D eigenvalue weighted by Crippen LogP contribution is 2.26. The Morgan fingerprint density at radius 2 is 2.21 bits per heavy atom. The Morgan fingerprint density at radius 3 is 2.79 bits per heavy atom. The average Bonchev–Trinajstić information content (AvgIpc) is 2.15. The van der Waals surface area contributed by atoms with Crippen molar-refractivity contribution in [3.8, 4) is 5.75 Å². The molecule has 0 heterocycles. The zero-order chi connectivity index (χ0) is 10.6. The Kier molecular flexibility index (Phi) is 4.14. The molecule has 0 aliphatic heterocycles. The van der Waals surface area contributed by atoms with Gasteiger partial charge >= 0.3 is 0 Å². The van der Waals surface area contributed by atoms with Crippen LogP contribution in [-0.2, 0) is 0 Å². The van der Waals surface area contributed by atoms with Crippen LogP contribution in [0.5, 0.6) is 5.75 Å². The molecule has 0 bridgehead atoms. The lowest BCUT2D eigenvalue weighted by molar-refractivity contribution is 0.111. The van der Waals surface area contributed by atoms with E-state index >= 15 is 0 Å². The van der Waals surface area contributed by atoms with Crippen molar-refractivity contribution in [2.75, 3.05) is 6.61 Å². The minimum absolute atomic E-state index is 0.602. The Morgan fingerprint density at radius 1 is 1.50 bits per heavy atom. The number of rotatable bonds is 4. The number of aryl methyl sites for hydroxylation is 1. The van der Waals surface area contributed by atoms with Crippen molar-refractivity contribution in [2.24, 2.45) is 0 Å². The molecule has 0 spiro atoms. The van der Waals surface area contributed by atoms with E-state index in [1.54, 1.807) is 6.07 Å².